The SMILES string of the molecule is CN(C)[C@@H]1C(=O)C(C(N)=O)C(=O)[C@@]2(O)C(=O)C3=C(O)c4c(O)ccc(Cl)c4[C@@](C)(O)[C@H]3C[C@@H]12. The maximum Gasteiger partial charge on any atom is 0.235 e. The van der Waals surface area contributed by atoms with Gasteiger partial charge in [0.2, 0.25) is 11.7 Å². The molecule has 6 atom stereocenters. The van der Waals surface area contributed by atoms with Gasteiger partial charge in [-0.05, 0) is 39.6 Å². The number of hydrogen-bond acceptors (Lipinski definition) is 9. The normalized spacial score (nSPS) is 35.9. The number of aromatic hydroxyl groups is 1. The average Bonchev–Trinajstić information content (AvgIpc) is 2.69. The van der Waals surface area contributed by atoms with Crippen LogP contribution in [0.15, 0.2) is 17.7 Å². The number of aliphatic hydroxyl groups excluding tert-OH is 1. The van der Waals surface area contributed by atoms with Crippen LogP contribution in [-0.4, -0.2) is 74.3 Å². The highest BCUT2D eigenvalue weighted by atomic mass is 35.5. The van der Waals surface area contributed by atoms with Crippen LogP contribution >= 0.6 is 11.6 Å². The van der Waals surface area contributed by atoms with Gasteiger partial charge >= 0.3 is 0 Å². The Balaban J connectivity index is 2.03. The minimum absolute atomic E-state index is 0.0143. The second-order valence-electron chi connectivity index (χ2n) is 9.23. The van der Waals surface area contributed by atoms with E-state index >= 15 is 0 Å². The van der Waals surface area contributed by atoms with E-state index in [1.165, 1.54) is 32.0 Å². The number of Topliss-reactive ketones (excluding diaryl/α,β-unsaturated/α-hetero) is 3. The number of aliphatic hydroxyl groups is 3. The van der Waals surface area contributed by atoms with Crippen LogP contribution in [0.2, 0.25) is 5.02 Å². The number of benzene rings is 1. The average molecular weight is 479 g/mol. The van der Waals surface area contributed by atoms with Crippen LogP contribution in [0.25, 0.3) is 5.76 Å². The molecule has 33 heavy (non-hydrogen) atoms. The van der Waals surface area contributed by atoms with Gasteiger partial charge in [0.15, 0.2) is 23.1 Å². The van der Waals surface area contributed by atoms with Crippen LogP contribution in [0.3, 0.4) is 0 Å². The molecule has 0 aliphatic heterocycles. The van der Waals surface area contributed by atoms with Gasteiger partial charge in [-0.3, -0.25) is 24.1 Å². The van der Waals surface area contributed by atoms with Crippen molar-refractivity contribution >= 4 is 40.6 Å². The van der Waals surface area contributed by atoms with E-state index in [1.54, 1.807) is 0 Å². The monoisotopic (exact) mass is 478 g/mol. The van der Waals surface area contributed by atoms with Crippen LogP contribution < -0.4 is 5.73 Å². The molecule has 0 bridgehead atoms. The number of amides is 1. The number of ketones is 3. The summed E-state index contributed by atoms with van der Waals surface area (Å²) in [5.74, 6) is -10.6. The largest absolute Gasteiger partial charge is 0.507 e. The molecule has 1 amide bonds. The third kappa shape index (κ3) is 2.78. The lowest BCUT2D eigenvalue weighted by molar-refractivity contribution is -0.179. The summed E-state index contributed by atoms with van der Waals surface area (Å²) < 4.78 is 0. The number of phenols is 1. The zero-order valence-corrected chi connectivity index (χ0v) is 18.8. The molecule has 4 rings (SSSR count). The van der Waals surface area contributed by atoms with Crippen molar-refractivity contribution in [3.8, 4) is 5.75 Å². The van der Waals surface area contributed by atoms with E-state index in [-0.39, 0.29) is 22.6 Å². The zero-order valence-electron chi connectivity index (χ0n) is 18.0. The van der Waals surface area contributed by atoms with Crippen molar-refractivity contribution in [2.24, 2.45) is 23.5 Å². The van der Waals surface area contributed by atoms with Crippen molar-refractivity contribution in [3.63, 3.8) is 0 Å². The standard InChI is InChI=1S/C22H23ClN2O8/c1-21(32)7-6-8-15(25(2)3)17(28)13(20(24)31)19(30)22(8,33)18(29)11(7)16(27)12-10(26)5-4-9(23)14(12)21/h4-5,7-8,13,15,26-27,32-33H,6H2,1-3H3,(H2,24,31)/t7-,8-,13?,15-,21-,22-/m0/s1. The van der Waals surface area contributed by atoms with Gasteiger partial charge in [0.25, 0.3) is 0 Å². The van der Waals surface area contributed by atoms with Gasteiger partial charge < -0.3 is 26.2 Å². The van der Waals surface area contributed by atoms with Crippen molar-refractivity contribution in [2.45, 2.75) is 30.6 Å². The van der Waals surface area contributed by atoms with E-state index in [0.29, 0.717) is 0 Å². The van der Waals surface area contributed by atoms with E-state index in [0.717, 1.165) is 6.07 Å². The fourth-order valence-corrected chi connectivity index (χ4v) is 6.07. The Hall–Kier alpha value is -2.79. The highest BCUT2D eigenvalue weighted by Gasteiger charge is 2.69. The van der Waals surface area contributed by atoms with Crippen LogP contribution in [0.1, 0.15) is 24.5 Å². The van der Waals surface area contributed by atoms with Gasteiger partial charge in [-0.2, -0.15) is 0 Å². The molecule has 3 aliphatic rings. The van der Waals surface area contributed by atoms with Crippen molar-refractivity contribution in [1.82, 2.24) is 4.90 Å². The first kappa shape index (κ1) is 23.4. The Kier molecular flexibility index (Phi) is 5.03. The molecular formula is C22H23ClN2O8. The number of carbonyl (C=O) groups excluding carboxylic acids is 4. The molecule has 11 heteroatoms. The lowest BCUT2D eigenvalue weighted by Gasteiger charge is -2.53. The van der Waals surface area contributed by atoms with E-state index in [4.69, 9.17) is 17.3 Å². The summed E-state index contributed by atoms with van der Waals surface area (Å²) in [6, 6.07) is 1.22. The van der Waals surface area contributed by atoms with Crippen molar-refractivity contribution in [3.05, 3.63) is 33.9 Å². The molecule has 0 spiro atoms. The summed E-state index contributed by atoms with van der Waals surface area (Å²) in [6.45, 7) is 1.33. The lowest BCUT2D eigenvalue weighted by Crippen LogP contribution is -2.73. The lowest BCUT2D eigenvalue weighted by atomic mass is 9.52. The molecule has 2 fully saturated rings. The molecule has 0 heterocycles. The number of halogens is 1. The fraction of sp³-hybridized carbons (Fsp3) is 0.455. The number of primary amides is 1. The zero-order chi connectivity index (χ0) is 24.8. The van der Waals surface area contributed by atoms with E-state index in [9.17, 15) is 39.6 Å². The predicted octanol–water partition coefficient (Wildman–Crippen LogP) is -0.344. The molecule has 176 valence electrons. The highest BCUT2D eigenvalue weighted by molar-refractivity contribution is 6.33. The molecule has 0 radical (unpaired) electrons. The van der Waals surface area contributed by atoms with Crippen molar-refractivity contribution in [2.75, 3.05) is 14.1 Å². The number of rotatable bonds is 2. The first-order valence-electron chi connectivity index (χ1n) is 10.2. The number of hydrogen-bond donors (Lipinski definition) is 5. The predicted molar refractivity (Wildman–Crippen MR) is 114 cm³/mol. The second-order valence-corrected chi connectivity index (χ2v) is 9.63. The molecule has 6 N–H and O–H groups in total. The van der Waals surface area contributed by atoms with Crippen LogP contribution in [-0.2, 0) is 24.8 Å². The maximum atomic E-state index is 13.7. The summed E-state index contributed by atoms with van der Waals surface area (Å²) in [5.41, 5.74) is -0.337. The number of likely N-dealkylation sites (N-methyl/N-ethyl adjacent to an activating group) is 1. The molecule has 2 saturated carbocycles. The molecule has 10 nitrogen and oxygen atoms in total. The Morgan fingerprint density at radius 3 is 2.33 bits per heavy atom. The summed E-state index contributed by atoms with van der Waals surface area (Å²) in [5, 5.41) is 44.3. The molecular weight excluding hydrogens is 456 g/mol. The van der Waals surface area contributed by atoms with E-state index < -0.39 is 75.3 Å². The fourth-order valence-electron chi connectivity index (χ4n) is 5.72. The highest BCUT2D eigenvalue weighted by Crippen LogP contribution is 2.57. The minimum atomic E-state index is -2.86. The summed E-state index contributed by atoms with van der Waals surface area (Å²) >= 11 is 6.27. The Morgan fingerprint density at radius 1 is 1.18 bits per heavy atom. The molecule has 1 unspecified atom stereocenters. The number of carbonyl (C=O) groups is 4. The Bertz CT molecular complexity index is 1170. The van der Waals surface area contributed by atoms with E-state index in [1.807, 2.05) is 0 Å². The van der Waals surface area contributed by atoms with Gasteiger partial charge in [-0.15, -0.1) is 0 Å². The van der Waals surface area contributed by atoms with Gasteiger partial charge in [0.1, 0.15) is 11.5 Å². The Morgan fingerprint density at radius 2 is 1.79 bits per heavy atom. The molecule has 3 aliphatic carbocycles. The van der Waals surface area contributed by atoms with Crippen molar-refractivity contribution < 1.29 is 39.6 Å². The second kappa shape index (κ2) is 7.10. The quantitative estimate of drug-likeness (QED) is 0.355. The third-order valence-electron chi connectivity index (χ3n) is 7.21. The minimum Gasteiger partial charge on any atom is -0.507 e. The van der Waals surface area contributed by atoms with Crippen LogP contribution in [0.4, 0.5) is 0 Å². The Labute approximate surface area is 193 Å². The summed E-state index contributed by atoms with van der Waals surface area (Å²) in [7, 11) is 2.96. The van der Waals surface area contributed by atoms with Gasteiger partial charge in [0.05, 0.1) is 17.2 Å². The van der Waals surface area contributed by atoms with Crippen LogP contribution in [0, 0.1) is 17.8 Å². The molecule has 0 aromatic heterocycles. The maximum absolute atomic E-state index is 13.7. The van der Waals surface area contributed by atoms with Crippen LogP contribution in [0.5, 0.6) is 5.75 Å². The molecule has 0 saturated heterocycles. The topological polar surface area (TPSA) is 178 Å². The van der Waals surface area contributed by atoms with E-state index in [2.05, 4.69) is 0 Å². The van der Waals surface area contributed by atoms with Gasteiger partial charge in [0, 0.05) is 28.0 Å². The number of nitrogens with zero attached hydrogens (tertiary/aromatic N) is 1. The number of phenolic OH excluding ortho intramolecular Hbond substituents is 1. The van der Waals surface area contributed by atoms with Gasteiger partial charge in [-0.1, -0.05) is 11.6 Å². The number of nitrogens with two attached hydrogens (primary N) is 1. The molecule has 1 aromatic carbocycles. The summed E-state index contributed by atoms with van der Waals surface area (Å²) in [4.78, 5) is 53.2. The van der Waals surface area contributed by atoms with Crippen molar-refractivity contribution in [1.29, 1.82) is 0 Å². The summed E-state index contributed by atoms with van der Waals surface area (Å²) in [6.07, 6.45) is -0.286. The number of fused-ring (bicyclic) bond motifs is 3. The third-order valence-corrected chi connectivity index (χ3v) is 7.53. The smallest absolute Gasteiger partial charge is 0.235 e. The first-order chi connectivity index (χ1) is 15.2. The van der Waals surface area contributed by atoms with Gasteiger partial charge in [-0.25, -0.2) is 0 Å². The first-order valence-corrected chi connectivity index (χ1v) is 10.6. The molecule has 1 aromatic rings.